The predicted octanol–water partition coefficient (Wildman–Crippen LogP) is 4.69. The number of benzene rings is 1. The summed E-state index contributed by atoms with van der Waals surface area (Å²) in [6, 6.07) is 5.66. The molecule has 30 heavy (non-hydrogen) atoms. The molecule has 10 heteroatoms. The maximum atomic E-state index is 13.1. The monoisotopic (exact) mass is 419 g/mol. The first kappa shape index (κ1) is 20.0. The zero-order valence-electron chi connectivity index (χ0n) is 17.1. The average Bonchev–Trinajstić information content (AvgIpc) is 3.32. The summed E-state index contributed by atoms with van der Waals surface area (Å²) < 4.78 is 53.4. The van der Waals surface area contributed by atoms with Gasteiger partial charge in [-0.25, -0.2) is 9.67 Å². The van der Waals surface area contributed by atoms with Crippen molar-refractivity contribution in [3.63, 3.8) is 0 Å². The van der Waals surface area contributed by atoms with E-state index in [9.17, 15) is 13.2 Å². The van der Waals surface area contributed by atoms with Gasteiger partial charge in [0, 0.05) is 12.0 Å². The van der Waals surface area contributed by atoms with E-state index >= 15 is 0 Å². The number of oxazole rings is 1. The largest absolute Gasteiger partial charge is 0.497 e. The van der Waals surface area contributed by atoms with Gasteiger partial charge in [-0.15, -0.1) is 5.10 Å². The van der Waals surface area contributed by atoms with Crippen LogP contribution in [0.15, 0.2) is 22.6 Å². The fourth-order valence-electron chi connectivity index (χ4n) is 3.52. The van der Waals surface area contributed by atoms with Gasteiger partial charge in [-0.05, 0) is 44.5 Å². The Morgan fingerprint density at radius 2 is 1.87 bits per heavy atom. The molecule has 0 saturated carbocycles. The van der Waals surface area contributed by atoms with Crippen LogP contribution in [0.2, 0.25) is 0 Å². The van der Waals surface area contributed by atoms with Crippen molar-refractivity contribution in [1.82, 2.24) is 24.4 Å². The number of fused-ring (bicyclic) bond motifs is 1. The second-order valence-corrected chi connectivity index (χ2v) is 6.95. The van der Waals surface area contributed by atoms with Gasteiger partial charge >= 0.3 is 6.18 Å². The Labute approximate surface area is 170 Å². The number of hydrogen-bond donors (Lipinski definition) is 0. The van der Waals surface area contributed by atoms with Crippen LogP contribution in [0.1, 0.15) is 35.6 Å². The molecule has 0 saturated heterocycles. The first-order valence-electron chi connectivity index (χ1n) is 9.33. The second-order valence-electron chi connectivity index (χ2n) is 6.95. The summed E-state index contributed by atoms with van der Waals surface area (Å²) in [5.41, 5.74) is 3.73. The molecule has 4 aromatic rings. The van der Waals surface area contributed by atoms with Crippen molar-refractivity contribution in [1.29, 1.82) is 0 Å². The third kappa shape index (κ3) is 3.03. The van der Waals surface area contributed by atoms with Crippen molar-refractivity contribution in [2.45, 2.75) is 40.3 Å². The summed E-state index contributed by atoms with van der Waals surface area (Å²) in [5, 5.41) is 8.22. The third-order valence-electron chi connectivity index (χ3n) is 4.93. The highest BCUT2D eigenvalue weighted by atomic mass is 19.4. The van der Waals surface area contributed by atoms with E-state index in [0.29, 0.717) is 29.3 Å². The highest BCUT2D eigenvalue weighted by Crippen LogP contribution is 2.36. The van der Waals surface area contributed by atoms with Crippen LogP contribution < -0.4 is 4.74 Å². The molecule has 0 bridgehead atoms. The molecule has 0 N–H and O–H groups in total. The molecule has 3 aromatic heterocycles. The van der Waals surface area contributed by atoms with E-state index < -0.39 is 12.0 Å². The van der Waals surface area contributed by atoms with Gasteiger partial charge in [0.2, 0.25) is 5.71 Å². The molecule has 3 heterocycles. The summed E-state index contributed by atoms with van der Waals surface area (Å²) in [7, 11) is 1.60. The SMILES string of the molecule is CCc1oc2c(-n3nc(C(F)(F)F)nc3C)c(C)nn2c1-c1ccc(OC)cc1C. The van der Waals surface area contributed by atoms with Crippen molar-refractivity contribution >= 4 is 5.71 Å². The fourth-order valence-corrected chi connectivity index (χ4v) is 3.52. The minimum atomic E-state index is -4.64. The van der Waals surface area contributed by atoms with Gasteiger partial charge < -0.3 is 9.15 Å². The van der Waals surface area contributed by atoms with Crippen molar-refractivity contribution in [2.75, 3.05) is 7.11 Å². The van der Waals surface area contributed by atoms with Gasteiger partial charge in [-0.3, -0.25) is 0 Å². The van der Waals surface area contributed by atoms with Crippen LogP contribution >= 0.6 is 0 Å². The summed E-state index contributed by atoms with van der Waals surface area (Å²) in [6.07, 6.45) is -4.06. The van der Waals surface area contributed by atoms with Gasteiger partial charge in [0.05, 0.1) is 12.8 Å². The summed E-state index contributed by atoms with van der Waals surface area (Å²) in [6.45, 7) is 7.05. The lowest BCUT2D eigenvalue weighted by Crippen LogP contribution is -2.08. The standard InChI is InChI=1S/C20H20F3N5O2/c1-6-15-17(14-8-7-13(29-5)9-10(14)2)28-18(30-15)16(11(3)25-28)27-12(4)24-19(26-27)20(21,22)23/h7-9H,6H2,1-5H3. The lowest BCUT2D eigenvalue weighted by molar-refractivity contribution is -0.144. The Kier molecular flexibility index (Phi) is 4.59. The Morgan fingerprint density at radius 1 is 1.13 bits per heavy atom. The number of aromatic nitrogens is 5. The quantitative estimate of drug-likeness (QED) is 0.480. The minimum Gasteiger partial charge on any atom is -0.497 e. The first-order chi connectivity index (χ1) is 14.2. The highest BCUT2D eigenvalue weighted by Gasteiger charge is 2.37. The lowest BCUT2D eigenvalue weighted by Gasteiger charge is -2.08. The molecule has 0 radical (unpaired) electrons. The summed E-state index contributed by atoms with van der Waals surface area (Å²) in [4.78, 5) is 3.56. The molecule has 0 fully saturated rings. The summed E-state index contributed by atoms with van der Waals surface area (Å²) in [5.74, 6) is 0.286. The predicted molar refractivity (Wildman–Crippen MR) is 103 cm³/mol. The van der Waals surface area contributed by atoms with Gasteiger partial charge in [-0.1, -0.05) is 6.92 Å². The number of ether oxygens (including phenoxy) is 1. The van der Waals surface area contributed by atoms with E-state index in [1.165, 1.54) is 6.92 Å². The first-order valence-corrected chi connectivity index (χ1v) is 9.33. The van der Waals surface area contributed by atoms with E-state index in [1.54, 1.807) is 18.5 Å². The van der Waals surface area contributed by atoms with E-state index in [0.717, 1.165) is 27.3 Å². The molecule has 158 valence electrons. The third-order valence-corrected chi connectivity index (χ3v) is 4.93. The average molecular weight is 419 g/mol. The number of halogens is 3. The molecule has 4 rings (SSSR count). The molecular formula is C20H20F3N5O2. The van der Waals surface area contributed by atoms with Crippen LogP contribution in [0.4, 0.5) is 13.2 Å². The van der Waals surface area contributed by atoms with Crippen LogP contribution in [-0.2, 0) is 12.6 Å². The molecule has 0 aliphatic carbocycles. The summed E-state index contributed by atoms with van der Waals surface area (Å²) >= 11 is 0. The maximum absolute atomic E-state index is 13.1. The zero-order valence-corrected chi connectivity index (χ0v) is 17.1. The van der Waals surface area contributed by atoms with Crippen LogP contribution in [-0.4, -0.2) is 31.5 Å². The minimum absolute atomic E-state index is 0.0944. The Hall–Kier alpha value is -3.30. The number of nitrogens with zero attached hydrogens (tertiary/aromatic N) is 5. The van der Waals surface area contributed by atoms with Crippen LogP contribution in [0, 0.1) is 20.8 Å². The zero-order chi connectivity index (χ0) is 21.8. The van der Waals surface area contributed by atoms with Crippen LogP contribution in [0.25, 0.3) is 22.7 Å². The number of rotatable bonds is 4. The molecule has 0 unspecified atom stereocenters. The number of hydrogen-bond acceptors (Lipinski definition) is 5. The van der Waals surface area contributed by atoms with E-state index in [-0.39, 0.29) is 5.82 Å². The molecule has 0 amide bonds. The highest BCUT2D eigenvalue weighted by molar-refractivity contribution is 5.73. The van der Waals surface area contributed by atoms with Gasteiger partial charge in [0.1, 0.15) is 23.0 Å². The van der Waals surface area contributed by atoms with Gasteiger partial charge in [0.25, 0.3) is 5.82 Å². The second kappa shape index (κ2) is 6.89. The maximum Gasteiger partial charge on any atom is 0.453 e. The number of alkyl halides is 3. The molecule has 1 aromatic carbocycles. The molecule has 0 aliphatic rings. The molecule has 0 atom stereocenters. The smallest absolute Gasteiger partial charge is 0.453 e. The Bertz CT molecular complexity index is 1250. The van der Waals surface area contributed by atoms with Gasteiger partial charge in [-0.2, -0.15) is 22.8 Å². The fraction of sp³-hybridized carbons (Fsp3) is 0.350. The lowest BCUT2D eigenvalue weighted by atomic mass is 10.0. The van der Waals surface area contributed by atoms with E-state index in [2.05, 4.69) is 15.2 Å². The van der Waals surface area contributed by atoms with Crippen LogP contribution in [0.5, 0.6) is 5.75 Å². The molecule has 7 nitrogen and oxygen atoms in total. The molecule has 0 aliphatic heterocycles. The number of aryl methyl sites for hydroxylation is 4. The van der Waals surface area contributed by atoms with Gasteiger partial charge in [0.15, 0.2) is 5.69 Å². The topological polar surface area (TPSA) is 70.4 Å². The van der Waals surface area contributed by atoms with Crippen molar-refractivity contribution < 1.29 is 22.3 Å². The van der Waals surface area contributed by atoms with Crippen molar-refractivity contribution in [2.24, 2.45) is 0 Å². The molecular weight excluding hydrogens is 399 g/mol. The number of methoxy groups -OCH3 is 1. The molecule has 0 spiro atoms. The Morgan fingerprint density at radius 3 is 2.43 bits per heavy atom. The van der Waals surface area contributed by atoms with Crippen molar-refractivity contribution in [3.05, 3.63) is 46.9 Å². The Balaban J connectivity index is 1.97. The van der Waals surface area contributed by atoms with Crippen LogP contribution in [0.3, 0.4) is 0 Å². The van der Waals surface area contributed by atoms with E-state index in [1.807, 2.05) is 32.0 Å². The van der Waals surface area contributed by atoms with Crippen molar-refractivity contribution in [3.8, 4) is 22.7 Å². The normalized spacial score (nSPS) is 12.1. The van der Waals surface area contributed by atoms with E-state index in [4.69, 9.17) is 9.15 Å².